The molecule has 0 aromatic rings. The Labute approximate surface area is 432 Å². The van der Waals surface area contributed by atoms with Crippen molar-refractivity contribution in [2.75, 3.05) is 38.7 Å². The molecule has 0 fully saturated rings. The van der Waals surface area contributed by atoms with Crippen LogP contribution in [0.2, 0.25) is 0 Å². The van der Waals surface area contributed by atoms with Gasteiger partial charge in [0.15, 0.2) is 0 Å². The standard InChI is InChI=1S/2C26H51NO4S.Ca/c2*1-3-4-5-6-7-8-9-10-11-12-13-14-15-16-17-18-19-20-21-23-26(28)27(2)24-22-25-32(29,30)31;/h2*10-11H,3-9,12-25H2,1-2H3,(H,29,30,31);/q;;+2/p-2/b2*11-10+;. The minimum atomic E-state index is -4.18. The van der Waals surface area contributed by atoms with E-state index in [1.54, 1.807) is 14.1 Å². The molecular formula is C52H100CaN2O8S2. The van der Waals surface area contributed by atoms with Crippen LogP contribution in [0.1, 0.15) is 258 Å². The third kappa shape index (κ3) is 59.6. The summed E-state index contributed by atoms with van der Waals surface area (Å²) < 4.78 is 63.5. The fourth-order valence-corrected chi connectivity index (χ4v) is 8.66. The summed E-state index contributed by atoms with van der Waals surface area (Å²) in [4.78, 5) is 27.0. The quantitative estimate of drug-likeness (QED) is 0.0253. The van der Waals surface area contributed by atoms with Crippen molar-refractivity contribution < 1.29 is 35.5 Å². The molecule has 13 heteroatoms. The molecule has 0 aromatic heterocycles. The Morgan fingerprint density at radius 2 is 0.585 bits per heavy atom. The number of nitrogens with zero attached hydrogens (tertiary/aromatic N) is 2. The molecule has 0 aliphatic carbocycles. The van der Waals surface area contributed by atoms with Gasteiger partial charge in [0.1, 0.15) is 0 Å². The van der Waals surface area contributed by atoms with E-state index in [4.69, 9.17) is 0 Å². The summed E-state index contributed by atoms with van der Waals surface area (Å²) in [5, 5.41) is 0. The Kier molecular flexibility index (Phi) is 54.3. The van der Waals surface area contributed by atoms with Gasteiger partial charge < -0.3 is 18.9 Å². The number of amides is 2. The molecule has 10 nitrogen and oxygen atoms in total. The number of carbonyl (C=O) groups excluding carboxylic acids is 2. The van der Waals surface area contributed by atoms with Crippen LogP contribution in [0, 0.1) is 0 Å². The first-order valence-electron chi connectivity index (χ1n) is 26.4. The van der Waals surface area contributed by atoms with Gasteiger partial charge in [0, 0.05) is 51.5 Å². The van der Waals surface area contributed by atoms with E-state index in [1.165, 1.54) is 202 Å². The van der Waals surface area contributed by atoms with Crippen LogP contribution in [0.5, 0.6) is 0 Å². The summed E-state index contributed by atoms with van der Waals surface area (Å²) in [5.74, 6) is -0.732. The maximum absolute atomic E-state index is 12.0. The Morgan fingerprint density at radius 3 is 0.815 bits per heavy atom. The van der Waals surface area contributed by atoms with Crippen LogP contribution in [0.25, 0.3) is 0 Å². The molecule has 0 atom stereocenters. The summed E-state index contributed by atoms with van der Waals surface area (Å²) >= 11 is 0. The molecule has 65 heavy (non-hydrogen) atoms. The van der Waals surface area contributed by atoms with Gasteiger partial charge in [-0.15, -0.1) is 0 Å². The van der Waals surface area contributed by atoms with E-state index in [-0.39, 0.29) is 62.4 Å². The Morgan fingerprint density at radius 1 is 0.369 bits per heavy atom. The van der Waals surface area contributed by atoms with Crippen LogP contribution in [0.15, 0.2) is 24.3 Å². The molecule has 0 rings (SSSR count). The van der Waals surface area contributed by atoms with E-state index >= 15 is 0 Å². The predicted molar refractivity (Wildman–Crippen MR) is 275 cm³/mol. The molecule has 0 saturated heterocycles. The minimum Gasteiger partial charge on any atom is -0.748 e. The molecule has 2 amide bonds. The van der Waals surface area contributed by atoms with Gasteiger partial charge in [-0.05, 0) is 77.0 Å². The van der Waals surface area contributed by atoms with E-state index in [0.29, 0.717) is 25.9 Å². The van der Waals surface area contributed by atoms with E-state index in [9.17, 15) is 35.5 Å². The van der Waals surface area contributed by atoms with Gasteiger partial charge in [0.2, 0.25) is 11.8 Å². The Hall–Kier alpha value is -0.500. The van der Waals surface area contributed by atoms with Crippen molar-refractivity contribution in [3.8, 4) is 0 Å². The van der Waals surface area contributed by atoms with Gasteiger partial charge in [-0.2, -0.15) is 0 Å². The zero-order chi connectivity index (χ0) is 47.8. The number of hydrogen-bond donors (Lipinski definition) is 0. The Balaban J connectivity index is -0.00000116. The molecular weight excluding hydrogens is 885 g/mol. The van der Waals surface area contributed by atoms with E-state index in [2.05, 4.69) is 38.2 Å². The summed E-state index contributed by atoms with van der Waals surface area (Å²) in [6.07, 6.45) is 54.2. The molecule has 0 heterocycles. The normalized spacial score (nSPS) is 11.8. The fraction of sp³-hybridized carbons (Fsp3) is 0.885. The third-order valence-electron chi connectivity index (χ3n) is 11.9. The minimum absolute atomic E-state index is 0. The number of carbonyl (C=O) groups is 2. The maximum atomic E-state index is 12.0. The molecule has 380 valence electrons. The van der Waals surface area contributed by atoms with Gasteiger partial charge in [-0.1, -0.05) is 192 Å². The van der Waals surface area contributed by atoms with Gasteiger partial charge in [0.25, 0.3) is 0 Å². The van der Waals surface area contributed by atoms with Crippen molar-refractivity contribution in [2.24, 2.45) is 0 Å². The second-order valence-electron chi connectivity index (χ2n) is 18.4. The summed E-state index contributed by atoms with van der Waals surface area (Å²) in [6, 6.07) is 0. The Bertz CT molecular complexity index is 1230. The summed E-state index contributed by atoms with van der Waals surface area (Å²) in [7, 11) is -5.02. The van der Waals surface area contributed by atoms with E-state index in [0.717, 1.165) is 25.7 Å². The van der Waals surface area contributed by atoms with E-state index < -0.39 is 31.7 Å². The third-order valence-corrected chi connectivity index (χ3v) is 13.5. The van der Waals surface area contributed by atoms with Crippen molar-refractivity contribution in [3.63, 3.8) is 0 Å². The van der Waals surface area contributed by atoms with Crippen LogP contribution < -0.4 is 0 Å². The monoisotopic (exact) mass is 985 g/mol. The SMILES string of the molecule is CCCCCCCC/C=C/CCCCCCCCCCCC(=O)N(C)CCCS(=O)(=O)[O-].CCCCCCCC/C=C/CCCCCCCCCCCC(=O)N(C)CCCS(=O)(=O)[O-].[Ca+2]. The molecule has 0 saturated carbocycles. The fourth-order valence-electron chi connectivity index (χ4n) is 7.70. The van der Waals surface area contributed by atoms with Crippen molar-refractivity contribution in [2.45, 2.75) is 258 Å². The molecule has 0 spiro atoms. The molecule has 0 radical (unpaired) electrons. The zero-order valence-corrected chi connectivity index (χ0v) is 46.5. The number of rotatable bonds is 46. The number of allylic oxidation sites excluding steroid dienone is 4. The van der Waals surface area contributed by atoms with Gasteiger partial charge in [-0.3, -0.25) is 9.59 Å². The first-order valence-corrected chi connectivity index (χ1v) is 29.5. The van der Waals surface area contributed by atoms with Crippen LogP contribution in [0.4, 0.5) is 0 Å². The van der Waals surface area contributed by atoms with Crippen LogP contribution in [-0.4, -0.2) is 124 Å². The molecule has 0 N–H and O–H groups in total. The van der Waals surface area contributed by atoms with Crippen molar-refractivity contribution in [1.82, 2.24) is 9.80 Å². The second kappa shape index (κ2) is 51.4. The topological polar surface area (TPSA) is 155 Å². The summed E-state index contributed by atoms with van der Waals surface area (Å²) in [5.41, 5.74) is 0. The average molecular weight is 986 g/mol. The second-order valence-corrected chi connectivity index (χ2v) is 21.4. The maximum Gasteiger partial charge on any atom is 2.00 e. The van der Waals surface area contributed by atoms with Gasteiger partial charge in [0.05, 0.1) is 20.2 Å². The van der Waals surface area contributed by atoms with Gasteiger partial charge in [-0.25, -0.2) is 16.8 Å². The predicted octanol–water partition coefficient (Wildman–Crippen LogP) is 13.6. The molecule has 0 aliphatic rings. The van der Waals surface area contributed by atoms with Crippen LogP contribution in [0.3, 0.4) is 0 Å². The van der Waals surface area contributed by atoms with Crippen molar-refractivity contribution >= 4 is 69.8 Å². The first kappa shape index (κ1) is 68.8. The molecule has 0 aliphatic heterocycles. The number of hydrogen-bond acceptors (Lipinski definition) is 8. The smallest absolute Gasteiger partial charge is 0.748 e. The number of unbranched alkanes of at least 4 members (excludes halogenated alkanes) is 30. The van der Waals surface area contributed by atoms with Crippen LogP contribution >= 0.6 is 0 Å². The summed E-state index contributed by atoms with van der Waals surface area (Å²) in [6.45, 7) is 5.19. The molecule has 0 bridgehead atoms. The average Bonchev–Trinajstić information content (AvgIpc) is 3.24. The largest absolute Gasteiger partial charge is 2.00 e. The van der Waals surface area contributed by atoms with Crippen LogP contribution in [-0.2, 0) is 29.8 Å². The van der Waals surface area contributed by atoms with Crippen molar-refractivity contribution in [3.05, 3.63) is 24.3 Å². The zero-order valence-electron chi connectivity index (χ0n) is 42.7. The molecule has 0 aromatic carbocycles. The first-order chi connectivity index (χ1) is 30.7. The molecule has 0 unspecified atom stereocenters. The van der Waals surface area contributed by atoms with Crippen molar-refractivity contribution in [1.29, 1.82) is 0 Å². The van der Waals surface area contributed by atoms with Gasteiger partial charge >= 0.3 is 37.7 Å². The van der Waals surface area contributed by atoms with E-state index in [1.807, 2.05) is 0 Å².